The standard InChI is InChI=1S/C15H18F5NO2/c1-9-5-11(8-12(6-9)23-4)7-10(2)21(3)13(22)14(16,17)15(18,19)20/h5-6,8,10H,7H2,1-4H3. The van der Waals surface area contributed by atoms with Gasteiger partial charge in [-0.25, -0.2) is 0 Å². The molecule has 0 saturated heterocycles. The first-order chi connectivity index (χ1) is 10.4. The van der Waals surface area contributed by atoms with E-state index in [-0.39, 0.29) is 6.42 Å². The van der Waals surface area contributed by atoms with Crippen LogP contribution >= 0.6 is 0 Å². The summed E-state index contributed by atoms with van der Waals surface area (Å²) >= 11 is 0. The number of likely N-dealkylation sites (N-methyl/N-ethyl adjacent to an activating group) is 1. The van der Waals surface area contributed by atoms with Crippen molar-refractivity contribution in [2.75, 3.05) is 14.2 Å². The van der Waals surface area contributed by atoms with Crippen molar-refractivity contribution < 1.29 is 31.5 Å². The van der Waals surface area contributed by atoms with Gasteiger partial charge >= 0.3 is 18.0 Å². The molecular weight excluding hydrogens is 321 g/mol. The van der Waals surface area contributed by atoms with Gasteiger partial charge in [-0.2, -0.15) is 22.0 Å². The van der Waals surface area contributed by atoms with E-state index in [2.05, 4.69) is 0 Å². The van der Waals surface area contributed by atoms with Gasteiger partial charge in [0, 0.05) is 13.1 Å². The monoisotopic (exact) mass is 339 g/mol. The highest BCUT2D eigenvalue weighted by Crippen LogP contribution is 2.37. The molecule has 0 N–H and O–H groups in total. The van der Waals surface area contributed by atoms with Gasteiger partial charge in [0.2, 0.25) is 0 Å². The molecule has 0 aliphatic heterocycles. The first-order valence-corrected chi connectivity index (χ1v) is 6.76. The third kappa shape index (κ3) is 4.33. The summed E-state index contributed by atoms with van der Waals surface area (Å²) in [4.78, 5) is 11.9. The molecule has 1 aromatic rings. The number of ether oxygens (including phenoxy) is 1. The van der Waals surface area contributed by atoms with Crippen molar-refractivity contribution in [3.05, 3.63) is 29.3 Å². The second kappa shape index (κ2) is 6.72. The van der Waals surface area contributed by atoms with Gasteiger partial charge < -0.3 is 9.64 Å². The lowest BCUT2D eigenvalue weighted by molar-refractivity contribution is -0.274. The molecule has 0 aromatic heterocycles. The molecule has 0 aliphatic rings. The zero-order valence-corrected chi connectivity index (χ0v) is 13.2. The highest BCUT2D eigenvalue weighted by atomic mass is 19.4. The van der Waals surface area contributed by atoms with Crippen LogP contribution in [0.4, 0.5) is 22.0 Å². The molecule has 1 aromatic carbocycles. The van der Waals surface area contributed by atoms with Crippen molar-refractivity contribution in [3.63, 3.8) is 0 Å². The van der Waals surface area contributed by atoms with Crippen molar-refractivity contribution in [3.8, 4) is 5.75 Å². The number of rotatable bonds is 5. The summed E-state index contributed by atoms with van der Waals surface area (Å²) < 4.78 is 68.1. The van der Waals surface area contributed by atoms with Crippen LogP contribution in [-0.4, -0.2) is 43.1 Å². The van der Waals surface area contributed by atoms with Crippen molar-refractivity contribution in [1.29, 1.82) is 0 Å². The number of carbonyl (C=O) groups is 1. The lowest BCUT2D eigenvalue weighted by Gasteiger charge is -2.29. The molecule has 23 heavy (non-hydrogen) atoms. The van der Waals surface area contributed by atoms with E-state index >= 15 is 0 Å². The largest absolute Gasteiger partial charge is 0.497 e. The number of methoxy groups -OCH3 is 1. The van der Waals surface area contributed by atoms with Crippen molar-refractivity contribution in [2.45, 2.75) is 38.4 Å². The lowest BCUT2D eigenvalue weighted by atomic mass is 10.0. The molecule has 0 aliphatic carbocycles. The molecule has 0 spiro atoms. The topological polar surface area (TPSA) is 29.5 Å². The fraction of sp³-hybridized carbons (Fsp3) is 0.533. The maximum absolute atomic E-state index is 13.1. The number of amides is 1. The molecular formula is C15H18F5NO2. The Kier molecular flexibility index (Phi) is 5.60. The van der Waals surface area contributed by atoms with E-state index in [1.165, 1.54) is 14.0 Å². The number of alkyl halides is 5. The SMILES string of the molecule is COc1cc(C)cc(CC(C)N(C)C(=O)C(F)(F)C(F)(F)F)c1. The molecule has 8 heteroatoms. The summed E-state index contributed by atoms with van der Waals surface area (Å²) in [5.41, 5.74) is 1.52. The second-order valence-corrected chi connectivity index (χ2v) is 5.40. The Labute approximate surface area is 131 Å². The molecule has 0 radical (unpaired) electrons. The molecule has 0 fully saturated rings. The molecule has 0 heterocycles. The van der Waals surface area contributed by atoms with E-state index in [0.29, 0.717) is 16.2 Å². The molecule has 3 nitrogen and oxygen atoms in total. The van der Waals surface area contributed by atoms with E-state index in [4.69, 9.17) is 4.74 Å². The Balaban J connectivity index is 2.91. The Morgan fingerprint density at radius 2 is 1.78 bits per heavy atom. The van der Waals surface area contributed by atoms with E-state index in [1.807, 2.05) is 0 Å². The summed E-state index contributed by atoms with van der Waals surface area (Å²) in [6, 6.07) is 4.30. The Morgan fingerprint density at radius 1 is 1.22 bits per heavy atom. The maximum Gasteiger partial charge on any atom is 0.463 e. The molecule has 0 saturated carbocycles. The predicted octanol–water partition coefficient (Wildman–Crippen LogP) is 3.59. The van der Waals surface area contributed by atoms with E-state index in [0.717, 1.165) is 12.6 Å². The minimum atomic E-state index is -5.91. The van der Waals surface area contributed by atoms with Crippen LogP contribution in [0.3, 0.4) is 0 Å². The average Bonchev–Trinajstić information content (AvgIpc) is 2.43. The molecule has 1 atom stereocenters. The van der Waals surface area contributed by atoms with Gasteiger partial charge in [0.15, 0.2) is 0 Å². The van der Waals surface area contributed by atoms with Crippen LogP contribution in [0.5, 0.6) is 5.75 Å². The zero-order valence-electron chi connectivity index (χ0n) is 13.2. The molecule has 1 amide bonds. The van der Waals surface area contributed by atoms with Gasteiger partial charge in [-0.15, -0.1) is 0 Å². The van der Waals surface area contributed by atoms with Gasteiger partial charge in [0.25, 0.3) is 0 Å². The first-order valence-electron chi connectivity index (χ1n) is 6.76. The summed E-state index contributed by atoms with van der Waals surface area (Å²) in [7, 11) is 2.39. The van der Waals surface area contributed by atoms with Crippen LogP contribution in [-0.2, 0) is 11.2 Å². The van der Waals surface area contributed by atoms with Gasteiger partial charge in [-0.05, 0) is 43.5 Å². The fourth-order valence-corrected chi connectivity index (χ4v) is 2.08. The Hall–Kier alpha value is -1.86. The van der Waals surface area contributed by atoms with Crippen LogP contribution < -0.4 is 4.74 Å². The van der Waals surface area contributed by atoms with Gasteiger partial charge in [-0.3, -0.25) is 4.79 Å². The normalized spacial score (nSPS) is 13.6. The van der Waals surface area contributed by atoms with Crippen LogP contribution in [0.2, 0.25) is 0 Å². The minimum absolute atomic E-state index is 0.119. The number of benzene rings is 1. The van der Waals surface area contributed by atoms with Crippen LogP contribution in [0.25, 0.3) is 0 Å². The van der Waals surface area contributed by atoms with E-state index < -0.39 is 24.0 Å². The Bertz CT molecular complexity index is 571. The molecule has 0 bridgehead atoms. The number of hydrogen-bond donors (Lipinski definition) is 0. The fourth-order valence-electron chi connectivity index (χ4n) is 2.08. The van der Waals surface area contributed by atoms with Gasteiger partial charge in [-0.1, -0.05) is 6.07 Å². The number of nitrogens with zero attached hydrogens (tertiary/aromatic N) is 1. The second-order valence-electron chi connectivity index (χ2n) is 5.40. The van der Waals surface area contributed by atoms with Gasteiger partial charge in [0.05, 0.1) is 7.11 Å². The smallest absolute Gasteiger partial charge is 0.463 e. The highest BCUT2D eigenvalue weighted by molar-refractivity contribution is 5.84. The lowest BCUT2D eigenvalue weighted by Crippen LogP contribution is -2.53. The zero-order chi connectivity index (χ0) is 18.0. The summed E-state index contributed by atoms with van der Waals surface area (Å²) in [5, 5.41) is 0. The number of halogens is 5. The third-order valence-electron chi connectivity index (χ3n) is 3.48. The highest BCUT2D eigenvalue weighted by Gasteiger charge is 2.64. The average molecular weight is 339 g/mol. The van der Waals surface area contributed by atoms with Crippen molar-refractivity contribution in [1.82, 2.24) is 4.90 Å². The number of hydrogen-bond acceptors (Lipinski definition) is 2. The Morgan fingerprint density at radius 3 is 2.26 bits per heavy atom. The van der Waals surface area contributed by atoms with Crippen LogP contribution in [0.1, 0.15) is 18.1 Å². The van der Waals surface area contributed by atoms with E-state index in [1.54, 1.807) is 25.1 Å². The van der Waals surface area contributed by atoms with E-state index in [9.17, 15) is 26.7 Å². The van der Waals surface area contributed by atoms with Crippen molar-refractivity contribution in [2.24, 2.45) is 0 Å². The number of aryl methyl sites for hydroxylation is 1. The first kappa shape index (κ1) is 19.2. The number of carbonyl (C=O) groups excluding carboxylic acids is 1. The summed E-state index contributed by atoms with van der Waals surface area (Å²) in [6.07, 6.45) is -5.79. The summed E-state index contributed by atoms with van der Waals surface area (Å²) in [5.74, 6) is -7.13. The molecule has 1 unspecified atom stereocenters. The van der Waals surface area contributed by atoms with Crippen LogP contribution in [0, 0.1) is 6.92 Å². The predicted molar refractivity (Wildman–Crippen MR) is 74.7 cm³/mol. The molecule has 130 valence electrons. The van der Waals surface area contributed by atoms with Crippen LogP contribution in [0.15, 0.2) is 18.2 Å². The third-order valence-corrected chi connectivity index (χ3v) is 3.48. The van der Waals surface area contributed by atoms with Crippen molar-refractivity contribution >= 4 is 5.91 Å². The minimum Gasteiger partial charge on any atom is -0.497 e. The maximum atomic E-state index is 13.1. The van der Waals surface area contributed by atoms with Gasteiger partial charge in [0.1, 0.15) is 5.75 Å². The molecule has 1 rings (SSSR count). The quantitative estimate of drug-likeness (QED) is 0.768. The summed E-state index contributed by atoms with van der Waals surface area (Å²) in [6.45, 7) is 3.20.